The molecule has 0 aliphatic heterocycles. The van der Waals surface area contributed by atoms with Crippen molar-refractivity contribution in [3.63, 3.8) is 0 Å². The first-order valence-electron chi connectivity index (χ1n) is 10.1. The molecule has 0 bridgehead atoms. The molecule has 2 aromatic carbocycles. The first-order chi connectivity index (χ1) is 15.6. The number of carboxylic acids is 1. The zero-order valence-corrected chi connectivity index (χ0v) is 18.4. The normalized spacial score (nSPS) is 12.1. The van der Waals surface area contributed by atoms with E-state index in [-0.39, 0.29) is 34.9 Å². The molecule has 0 saturated carbocycles. The van der Waals surface area contributed by atoms with Crippen molar-refractivity contribution in [1.29, 1.82) is 0 Å². The predicted octanol–water partition coefficient (Wildman–Crippen LogP) is 2.99. The second-order valence-electron chi connectivity index (χ2n) is 7.59. The van der Waals surface area contributed by atoms with Crippen LogP contribution < -0.4 is 15.4 Å². The van der Waals surface area contributed by atoms with Gasteiger partial charge in [0.25, 0.3) is 17.5 Å². The first kappa shape index (κ1) is 25.1. The van der Waals surface area contributed by atoms with E-state index >= 15 is 0 Å². The number of methoxy groups -OCH3 is 1. The summed E-state index contributed by atoms with van der Waals surface area (Å²) in [6.45, 7) is 3.63. The van der Waals surface area contributed by atoms with E-state index in [1.807, 2.05) is 13.8 Å². The highest BCUT2D eigenvalue weighted by molar-refractivity contribution is 6.06. The van der Waals surface area contributed by atoms with Gasteiger partial charge in [0, 0.05) is 17.7 Å². The molecular formula is C23H25N3O7. The Morgan fingerprint density at radius 1 is 1.15 bits per heavy atom. The largest absolute Gasteiger partial charge is 0.497 e. The Hall–Kier alpha value is -4.21. The molecular weight excluding hydrogens is 430 g/mol. The number of benzene rings is 2. The summed E-state index contributed by atoms with van der Waals surface area (Å²) in [4.78, 5) is 47.7. The molecule has 0 aliphatic rings. The molecule has 2 rings (SSSR count). The van der Waals surface area contributed by atoms with E-state index in [2.05, 4.69) is 10.6 Å². The minimum absolute atomic E-state index is 0.00973. The third-order valence-electron chi connectivity index (χ3n) is 4.55. The van der Waals surface area contributed by atoms with E-state index in [4.69, 9.17) is 4.74 Å². The fraction of sp³-hybridized carbons (Fsp3) is 0.261. The molecule has 0 radical (unpaired) electrons. The zero-order valence-electron chi connectivity index (χ0n) is 18.4. The number of nitrogens with zero attached hydrogens (tertiary/aromatic N) is 1. The molecule has 0 heterocycles. The third-order valence-corrected chi connectivity index (χ3v) is 4.55. The van der Waals surface area contributed by atoms with Gasteiger partial charge in [0.2, 0.25) is 0 Å². The molecule has 0 aliphatic carbocycles. The van der Waals surface area contributed by atoms with Crippen LogP contribution in [-0.4, -0.2) is 41.0 Å². The number of aliphatic carboxylic acids is 1. The van der Waals surface area contributed by atoms with Crippen LogP contribution in [0.2, 0.25) is 0 Å². The predicted molar refractivity (Wildman–Crippen MR) is 121 cm³/mol. The zero-order chi connectivity index (χ0) is 24.5. The number of nitrogens with one attached hydrogen (secondary N) is 2. The average molecular weight is 455 g/mol. The Bertz CT molecular complexity index is 1060. The van der Waals surface area contributed by atoms with Crippen LogP contribution in [0, 0.1) is 16.0 Å². The summed E-state index contributed by atoms with van der Waals surface area (Å²) in [7, 11) is 1.48. The summed E-state index contributed by atoms with van der Waals surface area (Å²) in [5.41, 5.74) is 0.0464. The molecule has 10 heteroatoms. The van der Waals surface area contributed by atoms with Gasteiger partial charge in [-0.3, -0.25) is 19.7 Å². The first-order valence-corrected chi connectivity index (χ1v) is 10.1. The van der Waals surface area contributed by atoms with E-state index < -0.39 is 28.7 Å². The number of rotatable bonds is 10. The summed E-state index contributed by atoms with van der Waals surface area (Å²) in [5.74, 6) is -2.15. The maximum absolute atomic E-state index is 12.9. The van der Waals surface area contributed by atoms with E-state index in [1.165, 1.54) is 49.6 Å². The Kier molecular flexibility index (Phi) is 8.67. The van der Waals surface area contributed by atoms with Crippen molar-refractivity contribution in [2.45, 2.75) is 26.3 Å². The number of carbonyl (C=O) groups excluding carboxylic acids is 2. The van der Waals surface area contributed by atoms with Crippen molar-refractivity contribution < 1.29 is 29.2 Å². The van der Waals surface area contributed by atoms with Crippen LogP contribution in [-0.2, 0) is 9.59 Å². The van der Waals surface area contributed by atoms with Gasteiger partial charge in [-0.1, -0.05) is 26.0 Å². The maximum atomic E-state index is 12.9. The van der Waals surface area contributed by atoms with Crippen LogP contribution in [0.25, 0.3) is 6.08 Å². The van der Waals surface area contributed by atoms with Crippen LogP contribution in [0.5, 0.6) is 5.75 Å². The van der Waals surface area contributed by atoms with Crippen LogP contribution in [0.1, 0.15) is 36.2 Å². The Balaban J connectivity index is 2.38. The monoisotopic (exact) mass is 455 g/mol. The lowest BCUT2D eigenvalue weighted by Crippen LogP contribution is -2.45. The van der Waals surface area contributed by atoms with Gasteiger partial charge < -0.3 is 20.5 Å². The summed E-state index contributed by atoms with van der Waals surface area (Å²) in [6.07, 6.45) is 1.43. The van der Waals surface area contributed by atoms with Crippen molar-refractivity contribution in [2.24, 2.45) is 5.92 Å². The number of non-ortho nitro benzene ring substituents is 1. The highest BCUT2D eigenvalue weighted by Gasteiger charge is 2.24. The van der Waals surface area contributed by atoms with Gasteiger partial charge in [-0.05, 0) is 48.2 Å². The summed E-state index contributed by atoms with van der Waals surface area (Å²) < 4.78 is 5.06. The Labute approximate surface area is 190 Å². The van der Waals surface area contributed by atoms with Crippen LogP contribution in [0.3, 0.4) is 0 Å². The summed E-state index contributed by atoms with van der Waals surface area (Å²) in [5, 5.41) is 25.4. The van der Waals surface area contributed by atoms with Crippen LogP contribution in [0.4, 0.5) is 5.69 Å². The molecule has 1 atom stereocenters. The number of ether oxygens (including phenoxy) is 1. The topological polar surface area (TPSA) is 148 Å². The van der Waals surface area contributed by atoms with Gasteiger partial charge >= 0.3 is 5.97 Å². The van der Waals surface area contributed by atoms with E-state index in [1.54, 1.807) is 12.1 Å². The summed E-state index contributed by atoms with van der Waals surface area (Å²) in [6, 6.07) is 10.4. The van der Waals surface area contributed by atoms with Gasteiger partial charge in [0.1, 0.15) is 17.5 Å². The fourth-order valence-electron chi connectivity index (χ4n) is 2.92. The number of nitro groups is 1. The minimum atomic E-state index is -1.21. The van der Waals surface area contributed by atoms with Gasteiger partial charge in [0.05, 0.1) is 12.0 Å². The third kappa shape index (κ3) is 7.46. The second-order valence-corrected chi connectivity index (χ2v) is 7.59. The maximum Gasteiger partial charge on any atom is 0.326 e. The van der Waals surface area contributed by atoms with Crippen molar-refractivity contribution in [1.82, 2.24) is 10.6 Å². The quantitative estimate of drug-likeness (QED) is 0.283. The Morgan fingerprint density at radius 3 is 2.36 bits per heavy atom. The molecule has 0 fully saturated rings. The fourth-order valence-corrected chi connectivity index (χ4v) is 2.92. The highest BCUT2D eigenvalue weighted by atomic mass is 16.6. The lowest BCUT2D eigenvalue weighted by Gasteiger charge is -2.18. The molecule has 0 saturated heterocycles. The molecule has 0 aromatic heterocycles. The van der Waals surface area contributed by atoms with E-state index in [0.717, 1.165) is 0 Å². The van der Waals surface area contributed by atoms with E-state index in [9.17, 15) is 29.6 Å². The number of hydrogen-bond donors (Lipinski definition) is 3. The smallest absolute Gasteiger partial charge is 0.326 e. The average Bonchev–Trinajstić information content (AvgIpc) is 2.77. The highest BCUT2D eigenvalue weighted by Crippen LogP contribution is 2.17. The van der Waals surface area contributed by atoms with Crippen LogP contribution >= 0.6 is 0 Å². The number of amides is 2. The molecule has 0 spiro atoms. The molecule has 2 amide bonds. The number of carboxylic acid groups (broad SMARTS) is 1. The van der Waals surface area contributed by atoms with Gasteiger partial charge in [0.15, 0.2) is 0 Å². The van der Waals surface area contributed by atoms with Crippen molar-refractivity contribution >= 4 is 29.5 Å². The van der Waals surface area contributed by atoms with Gasteiger partial charge in [-0.2, -0.15) is 0 Å². The lowest BCUT2D eigenvalue weighted by molar-refractivity contribution is -0.384. The van der Waals surface area contributed by atoms with Gasteiger partial charge in [-0.25, -0.2) is 4.79 Å². The van der Waals surface area contributed by atoms with Gasteiger partial charge in [-0.15, -0.1) is 0 Å². The van der Waals surface area contributed by atoms with Crippen molar-refractivity contribution in [3.05, 3.63) is 75.5 Å². The van der Waals surface area contributed by atoms with Crippen LogP contribution in [0.15, 0.2) is 54.2 Å². The minimum Gasteiger partial charge on any atom is -0.497 e. The SMILES string of the molecule is COc1ccc(C(=O)N/C(=C/c2cccc([N+](=O)[O-])c2)C(=O)NC(CC(C)C)C(=O)O)cc1. The second kappa shape index (κ2) is 11.4. The molecule has 3 N–H and O–H groups in total. The summed E-state index contributed by atoms with van der Waals surface area (Å²) >= 11 is 0. The standard InChI is InChI=1S/C23H25N3O7/c1-14(2)11-20(23(29)30)25-22(28)19(13-15-5-4-6-17(12-15)26(31)32)24-21(27)16-7-9-18(33-3)10-8-16/h4-10,12-14,20H,11H2,1-3H3,(H,24,27)(H,25,28)(H,29,30)/b19-13+. The van der Waals surface area contributed by atoms with E-state index in [0.29, 0.717) is 5.75 Å². The number of hydrogen-bond acceptors (Lipinski definition) is 6. The van der Waals surface area contributed by atoms with Crippen molar-refractivity contribution in [2.75, 3.05) is 7.11 Å². The number of nitro benzene ring substituents is 1. The molecule has 10 nitrogen and oxygen atoms in total. The number of carbonyl (C=O) groups is 3. The lowest BCUT2D eigenvalue weighted by atomic mass is 10.0. The molecule has 1 unspecified atom stereocenters. The molecule has 2 aromatic rings. The molecule has 174 valence electrons. The molecule has 33 heavy (non-hydrogen) atoms. The Morgan fingerprint density at radius 2 is 1.82 bits per heavy atom. The van der Waals surface area contributed by atoms with Crippen molar-refractivity contribution in [3.8, 4) is 5.75 Å².